The third-order valence-corrected chi connectivity index (χ3v) is 8.77. The molecule has 1 aliphatic heterocycles. The first-order valence-corrected chi connectivity index (χ1v) is 14.2. The minimum Gasteiger partial charge on any atom is -0.496 e. The third kappa shape index (κ3) is 5.11. The summed E-state index contributed by atoms with van der Waals surface area (Å²) in [5.41, 5.74) is 9.28. The van der Waals surface area contributed by atoms with Gasteiger partial charge in [0.05, 0.1) is 41.7 Å². The molecule has 6 rings (SSSR count). The van der Waals surface area contributed by atoms with Gasteiger partial charge in [0.25, 0.3) is 0 Å². The second kappa shape index (κ2) is 10.9. The number of aromatic amines is 1. The number of aliphatic hydroxyl groups excluding tert-OH is 1. The van der Waals surface area contributed by atoms with Crippen LogP contribution in [0, 0.1) is 11.8 Å². The van der Waals surface area contributed by atoms with E-state index in [0.29, 0.717) is 40.2 Å². The maximum Gasteiger partial charge on any atom is 0.404 e. The number of imidazole rings is 1. The zero-order chi connectivity index (χ0) is 28.0. The van der Waals surface area contributed by atoms with Gasteiger partial charge in [0.2, 0.25) is 0 Å². The monoisotopic (exact) mass is 566 g/mol. The van der Waals surface area contributed by atoms with Crippen molar-refractivity contribution in [3.8, 4) is 17.1 Å². The van der Waals surface area contributed by atoms with Gasteiger partial charge in [0.15, 0.2) is 5.65 Å². The highest BCUT2D eigenvalue weighted by Gasteiger charge is 2.47. The predicted molar refractivity (Wildman–Crippen MR) is 154 cm³/mol. The number of methoxy groups -OCH3 is 1. The molecule has 2 bridgehead atoms. The van der Waals surface area contributed by atoms with Gasteiger partial charge in [-0.1, -0.05) is 29.8 Å². The number of fused-ring (bicyclic) bond motifs is 3. The van der Waals surface area contributed by atoms with Gasteiger partial charge in [-0.2, -0.15) is 0 Å². The number of nitrogens with zero attached hydrogens (tertiary/aromatic N) is 3. The number of nitrogens with one attached hydrogen (secondary N) is 2. The summed E-state index contributed by atoms with van der Waals surface area (Å²) >= 11 is 6.63. The predicted octanol–water partition coefficient (Wildman–Crippen LogP) is 4.30. The van der Waals surface area contributed by atoms with E-state index in [-0.39, 0.29) is 30.1 Å². The van der Waals surface area contributed by atoms with E-state index >= 15 is 0 Å². The number of aromatic nitrogens is 3. The smallest absolute Gasteiger partial charge is 0.404 e. The Hall–Kier alpha value is -3.34. The molecular formula is C29H35ClN6O4. The Morgan fingerprint density at radius 1 is 1.30 bits per heavy atom. The zero-order valence-corrected chi connectivity index (χ0v) is 23.4. The summed E-state index contributed by atoms with van der Waals surface area (Å²) in [6.45, 7) is 4.48. The molecule has 3 aliphatic rings. The van der Waals surface area contributed by atoms with E-state index in [1.165, 1.54) is 5.56 Å². The Labute approximate surface area is 237 Å². The largest absolute Gasteiger partial charge is 0.496 e. The number of H-pyrrole nitrogens is 1. The van der Waals surface area contributed by atoms with Crippen LogP contribution >= 0.6 is 11.6 Å². The van der Waals surface area contributed by atoms with Crippen molar-refractivity contribution in [2.24, 2.45) is 17.6 Å². The van der Waals surface area contributed by atoms with E-state index in [1.54, 1.807) is 13.3 Å². The van der Waals surface area contributed by atoms with E-state index in [0.717, 1.165) is 43.7 Å². The fourth-order valence-electron chi connectivity index (χ4n) is 6.61. The van der Waals surface area contributed by atoms with Crippen molar-refractivity contribution in [1.82, 2.24) is 19.9 Å². The molecule has 1 aromatic carbocycles. The standard InChI is InChI=1S/C29H35ClN6O4/c1-15(37)14-36-9-7-16(8-10-36)17-5-6-20(22(12-17)39-2)27-34-25-24(21(30)13-32-28(25)35-27)33-23-18-3-4-19(11-18)26(23)40-29(31)38/h3-6,12-13,15-16,18-19,23,26,37H,7-11,14H2,1-2H3,(H2,31,38)(H2,32,33,34,35)/t15-,18-,19+,23+,26-/m0/s1. The first kappa shape index (κ1) is 26.9. The molecule has 2 aromatic heterocycles. The molecule has 11 heteroatoms. The molecule has 10 nitrogen and oxygen atoms in total. The number of primary amides is 1. The lowest BCUT2D eigenvalue weighted by Crippen LogP contribution is -2.41. The number of ether oxygens (including phenoxy) is 2. The van der Waals surface area contributed by atoms with E-state index in [2.05, 4.69) is 44.5 Å². The normalized spacial score (nSPS) is 25.4. The van der Waals surface area contributed by atoms with Gasteiger partial charge in [-0.15, -0.1) is 0 Å². The first-order chi connectivity index (χ1) is 19.3. The second-order valence-corrected chi connectivity index (χ2v) is 11.6. The molecule has 212 valence electrons. The average molecular weight is 567 g/mol. The number of carbonyl (C=O) groups excluding carboxylic acids is 1. The number of halogens is 1. The Bertz CT molecular complexity index is 1430. The van der Waals surface area contributed by atoms with Gasteiger partial charge in [0, 0.05) is 18.4 Å². The van der Waals surface area contributed by atoms with Crippen LogP contribution < -0.4 is 15.8 Å². The molecular weight excluding hydrogens is 532 g/mol. The molecule has 1 amide bonds. The van der Waals surface area contributed by atoms with Crippen molar-refractivity contribution in [3.05, 3.63) is 47.1 Å². The summed E-state index contributed by atoms with van der Waals surface area (Å²) < 4.78 is 11.3. The summed E-state index contributed by atoms with van der Waals surface area (Å²) in [7, 11) is 1.67. The van der Waals surface area contributed by atoms with Crippen LogP contribution in [0.5, 0.6) is 5.75 Å². The summed E-state index contributed by atoms with van der Waals surface area (Å²) in [6.07, 6.45) is 7.31. The van der Waals surface area contributed by atoms with Crippen molar-refractivity contribution in [2.45, 2.75) is 50.4 Å². The molecule has 5 N–H and O–H groups in total. The number of anilines is 1. The molecule has 0 radical (unpaired) electrons. The van der Waals surface area contributed by atoms with E-state index in [4.69, 9.17) is 31.8 Å². The fourth-order valence-corrected chi connectivity index (χ4v) is 6.81. The number of β-amino-alcohol motifs (C(OH)–C–C–N with tert-alkyl or cyclic N) is 1. The van der Waals surface area contributed by atoms with Crippen LogP contribution in [0.15, 0.2) is 36.5 Å². The number of hydrogen-bond acceptors (Lipinski definition) is 8. The Morgan fingerprint density at radius 2 is 2.08 bits per heavy atom. The highest BCUT2D eigenvalue weighted by molar-refractivity contribution is 6.34. The number of piperidine rings is 1. The number of nitrogens with two attached hydrogens (primary N) is 1. The van der Waals surface area contributed by atoms with Crippen molar-refractivity contribution in [1.29, 1.82) is 0 Å². The molecule has 2 fully saturated rings. The quantitative estimate of drug-likeness (QED) is 0.296. The maximum absolute atomic E-state index is 11.6. The maximum atomic E-state index is 11.6. The van der Waals surface area contributed by atoms with Crippen molar-refractivity contribution >= 4 is 34.5 Å². The van der Waals surface area contributed by atoms with Crippen LogP contribution in [0.2, 0.25) is 5.02 Å². The lowest BCUT2D eigenvalue weighted by Gasteiger charge is -2.33. The number of carbonyl (C=O) groups is 1. The number of aliphatic hydroxyl groups is 1. The van der Waals surface area contributed by atoms with Crippen molar-refractivity contribution in [2.75, 3.05) is 32.1 Å². The van der Waals surface area contributed by atoms with Gasteiger partial charge in [0.1, 0.15) is 23.2 Å². The van der Waals surface area contributed by atoms with Gasteiger partial charge in [-0.3, -0.25) is 0 Å². The number of benzene rings is 1. The van der Waals surface area contributed by atoms with Crippen LogP contribution in [0.3, 0.4) is 0 Å². The zero-order valence-electron chi connectivity index (χ0n) is 22.6. The molecule has 1 saturated heterocycles. The number of pyridine rings is 1. The summed E-state index contributed by atoms with van der Waals surface area (Å²) in [6, 6.07) is 6.12. The van der Waals surface area contributed by atoms with Crippen LogP contribution in [-0.2, 0) is 4.74 Å². The molecule has 40 heavy (non-hydrogen) atoms. The molecule has 0 unspecified atom stereocenters. The summed E-state index contributed by atoms with van der Waals surface area (Å²) in [5.74, 6) is 2.11. The fraction of sp³-hybridized carbons (Fsp3) is 0.483. The molecule has 5 atom stereocenters. The molecule has 0 spiro atoms. The number of rotatable bonds is 8. The van der Waals surface area contributed by atoms with Gasteiger partial charge >= 0.3 is 6.09 Å². The molecule has 3 heterocycles. The van der Waals surface area contributed by atoms with Gasteiger partial charge in [-0.25, -0.2) is 14.8 Å². The lowest BCUT2D eigenvalue weighted by molar-refractivity contribution is 0.0854. The highest BCUT2D eigenvalue weighted by atomic mass is 35.5. The summed E-state index contributed by atoms with van der Waals surface area (Å²) in [4.78, 5) is 26.5. The van der Waals surface area contributed by atoms with Crippen molar-refractivity contribution in [3.63, 3.8) is 0 Å². The Morgan fingerprint density at radius 3 is 2.80 bits per heavy atom. The first-order valence-electron chi connectivity index (χ1n) is 13.8. The minimum atomic E-state index is -0.784. The van der Waals surface area contributed by atoms with E-state index in [1.807, 2.05) is 13.0 Å². The lowest BCUT2D eigenvalue weighted by atomic mass is 9.88. The Kier molecular flexibility index (Phi) is 7.33. The SMILES string of the molecule is COc1cc(C2CCN(C[C@H](C)O)CC2)ccc1-c1nc2ncc(Cl)c(N[C@H]3[C@@H](OC(N)=O)[C@@H]4C=C[C@H]3C4)c2[nH]1. The number of likely N-dealkylation sites (tertiary alicyclic amines) is 1. The molecule has 1 saturated carbocycles. The number of hydrogen-bond donors (Lipinski definition) is 4. The highest BCUT2D eigenvalue weighted by Crippen LogP contribution is 2.44. The van der Waals surface area contributed by atoms with E-state index in [9.17, 15) is 9.90 Å². The number of amides is 1. The van der Waals surface area contributed by atoms with Gasteiger partial charge < -0.3 is 35.5 Å². The van der Waals surface area contributed by atoms with Crippen LogP contribution in [0.4, 0.5) is 10.5 Å². The third-order valence-electron chi connectivity index (χ3n) is 8.49. The minimum absolute atomic E-state index is 0.122. The molecule has 2 aliphatic carbocycles. The van der Waals surface area contributed by atoms with Crippen LogP contribution in [-0.4, -0.2) is 76.0 Å². The Balaban J connectivity index is 1.26. The summed E-state index contributed by atoms with van der Waals surface area (Å²) in [5, 5.41) is 13.7. The van der Waals surface area contributed by atoms with Crippen LogP contribution in [0.1, 0.15) is 37.7 Å². The topological polar surface area (TPSA) is 139 Å². The van der Waals surface area contributed by atoms with Gasteiger partial charge in [-0.05, 0) is 62.9 Å². The second-order valence-electron chi connectivity index (χ2n) is 11.2. The molecule has 3 aromatic rings. The van der Waals surface area contributed by atoms with E-state index < -0.39 is 6.09 Å². The van der Waals surface area contributed by atoms with Crippen LogP contribution in [0.25, 0.3) is 22.6 Å². The van der Waals surface area contributed by atoms with Crippen molar-refractivity contribution < 1.29 is 19.4 Å². The average Bonchev–Trinajstić information content (AvgIpc) is 3.66.